The molecule has 2 saturated carbocycles. The van der Waals surface area contributed by atoms with Crippen LogP contribution in [0.15, 0.2) is 42.5 Å². The minimum atomic E-state index is 0.0383. The van der Waals surface area contributed by atoms with Crippen molar-refractivity contribution in [3.63, 3.8) is 0 Å². The fourth-order valence-corrected chi connectivity index (χ4v) is 8.97. The molecule has 2 heterocycles. The van der Waals surface area contributed by atoms with E-state index in [2.05, 4.69) is 82.2 Å². The molecule has 2 aliphatic heterocycles. The number of nitrogens with zero attached hydrogens (tertiary/aromatic N) is 1. The zero-order valence-corrected chi connectivity index (χ0v) is 28.3. The highest BCUT2D eigenvalue weighted by Gasteiger charge is 2.73. The average molecular weight is 594 g/mol. The van der Waals surface area contributed by atoms with Gasteiger partial charge in [0.05, 0.1) is 31.0 Å². The van der Waals surface area contributed by atoms with Gasteiger partial charge in [0.2, 0.25) is 0 Å². The Morgan fingerprint density at radius 2 is 1.63 bits per heavy atom. The van der Waals surface area contributed by atoms with Gasteiger partial charge in [-0.05, 0) is 42.6 Å². The second kappa shape index (κ2) is 15.4. The fraction of sp³-hybridized carbons (Fsp3) is 0.795. The standard InChI is InChI=1S/C39H63NO3/c1-6-8-10-12-13-14-15-16-20-24-31(41-29-30-22-18-17-19-23-30)28-34-32(25-21-11-9-7-2)37-40(43-34)35-33-26-27-39(5,36(35)42-37)38(33,3)4/h17-19,21-23,25,31-37H,6-16,20,24,26-29H2,1-5H3/b25-21-/t31-,32?,33?,34?,35?,36-,37?,39?/m1/s1. The van der Waals surface area contributed by atoms with Gasteiger partial charge < -0.3 is 9.47 Å². The van der Waals surface area contributed by atoms with E-state index in [9.17, 15) is 0 Å². The molecule has 2 bridgehead atoms. The molecule has 0 N–H and O–H groups in total. The van der Waals surface area contributed by atoms with Gasteiger partial charge in [0.15, 0.2) is 0 Å². The van der Waals surface area contributed by atoms with Crippen molar-refractivity contribution >= 4 is 0 Å². The third-order valence-corrected chi connectivity index (χ3v) is 12.1. The summed E-state index contributed by atoms with van der Waals surface area (Å²) in [6, 6.07) is 11.1. The van der Waals surface area contributed by atoms with Crippen molar-refractivity contribution in [3.05, 3.63) is 48.0 Å². The molecule has 0 aromatic heterocycles. The van der Waals surface area contributed by atoms with E-state index >= 15 is 0 Å². The molecule has 5 rings (SSSR count). The topological polar surface area (TPSA) is 30.9 Å². The smallest absolute Gasteiger partial charge is 0.142 e. The van der Waals surface area contributed by atoms with Crippen molar-refractivity contribution in [2.45, 2.75) is 175 Å². The van der Waals surface area contributed by atoms with Crippen LogP contribution in [-0.2, 0) is 20.9 Å². The zero-order chi connectivity index (χ0) is 30.3. The Balaban J connectivity index is 1.23. The van der Waals surface area contributed by atoms with Crippen molar-refractivity contribution in [2.24, 2.45) is 22.7 Å². The van der Waals surface area contributed by atoms with Crippen molar-refractivity contribution in [3.8, 4) is 0 Å². The number of rotatable bonds is 19. The lowest BCUT2D eigenvalue weighted by Gasteiger charge is -2.38. The first-order valence-corrected chi connectivity index (χ1v) is 18.3. The Labute approximate surface area is 264 Å². The highest BCUT2D eigenvalue weighted by atomic mass is 16.8. The molecule has 8 atom stereocenters. The molecule has 43 heavy (non-hydrogen) atoms. The number of benzene rings is 1. The van der Waals surface area contributed by atoms with Gasteiger partial charge in [-0.1, -0.05) is 148 Å². The Morgan fingerprint density at radius 3 is 2.35 bits per heavy atom. The normalized spacial score (nSPS) is 33.4. The molecule has 4 aliphatic rings. The summed E-state index contributed by atoms with van der Waals surface area (Å²) in [5.41, 5.74) is 1.78. The molecule has 6 unspecified atom stereocenters. The van der Waals surface area contributed by atoms with Crippen LogP contribution in [-0.4, -0.2) is 35.6 Å². The predicted octanol–water partition coefficient (Wildman–Crippen LogP) is 10.4. The summed E-state index contributed by atoms with van der Waals surface area (Å²) in [5.74, 6) is 0.905. The van der Waals surface area contributed by atoms with Gasteiger partial charge in [-0.2, -0.15) is 5.06 Å². The number of hydroxylamine groups is 2. The maximum absolute atomic E-state index is 7.06. The van der Waals surface area contributed by atoms with Gasteiger partial charge in [0, 0.05) is 17.8 Å². The monoisotopic (exact) mass is 593 g/mol. The van der Waals surface area contributed by atoms with E-state index in [1.807, 2.05) is 0 Å². The summed E-state index contributed by atoms with van der Waals surface area (Å²) in [6.45, 7) is 12.7. The number of fused-ring (bicyclic) bond motifs is 7. The van der Waals surface area contributed by atoms with Crippen molar-refractivity contribution in [2.75, 3.05) is 0 Å². The number of allylic oxidation sites excluding steroid dienone is 1. The van der Waals surface area contributed by atoms with Crippen LogP contribution >= 0.6 is 0 Å². The van der Waals surface area contributed by atoms with Crippen molar-refractivity contribution in [1.82, 2.24) is 5.06 Å². The molecule has 4 nitrogen and oxygen atoms in total. The van der Waals surface area contributed by atoms with Crippen LogP contribution < -0.4 is 0 Å². The molecule has 1 aromatic carbocycles. The van der Waals surface area contributed by atoms with E-state index in [1.165, 1.54) is 89.0 Å². The number of hydrogen-bond acceptors (Lipinski definition) is 4. The van der Waals surface area contributed by atoms with E-state index < -0.39 is 0 Å². The second-order valence-corrected chi connectivity index (χ2v) is 15.1. The third kappa shape index (κ3) is 7.29. The van der Waals surface area contributed by atoms with Crippen LogP contribution in [0.5, 0.6) is 0 Å². The first kappa shape index (κ1) is 33.2. The Kier molecular flexibility index (Phi) is 11.9. The molecule has 0 radical (unpaired) electrons. The Hall–Kier alpha value is -1.20. The largest absolute Gasteiger partial charge is 0.373 e. The number of ether oxygens (including phenoxy) is 2. The molecule has 2 saturated heterocycles. The molecule has 1 aromatic rings. The predicted molar refractivity (Wildman–Crippen MR) is 177 cm³/mol. The zero-order valence-electron chi connectivity index (χ0n) is 28.3. The summed E-state index contributed by atoms with van der Waals surface area (Å²) in [6.07, 6.45) is 25.9. The summed E-state index contributed by atoms with van der Waals surface area (Å²) >= 11 is 0. The second-order valence-electron chi connectivity index (χ2n) is 15.1. The molecular weight excluding hydrogens is 530 g/mol. The molecule has 0 amide bonds. The quantitative estimate of drug-likeness (QED) is 0.118. The minimum absolute atomic E-state index is 0.0383. The molecular formula is C39H63NO3. The van der Waals surface area contributed by atoms with Gasteiger partial charge in [0.1, 0.15) is 6.23 Å². The molecule has 4 fully saturated rings. The third-order valence-electron chi connectivity index (χ3n) is 12.1. The molecule has 242 valence electrons. The van der Waals surface area contributed by atoms with Crippen LogP contribution in [0.1, 0.15) is 143 Å². The van der Waals surface area contributed by atoms with E-state index in [4.69, 9.17) is 14.3 Å². The minimum Gasteiger partial charge on any atom is -0.373 e. The van der Waals surface area contributed by atoms with Gasteiger partial charge in [-0.15, -0.1) is 0 Å². The van der Waals surface area contributed by atoms with E-state index in [0.29, 0.717) is 24.0 Å². The van der Waals surface area contributed by atoms with Gasteiger partial charge >= 0.3 is 0 Å². The van der Waals surface area contributed by atoms with Crippen molar-refractivity contribution < 1.29 is 14.3 Å². The van der Waals surface area contributed by atoms with Crippen molar-refractivity contribution in [1.29, 1.82) is 0 Å². The van der Waals surface area contributed by atoms with Crippen LogP contribution in [0.3, 0.4) is 0 Å². The highest BCUT2D eigenvalue weighted by molar-refractivity contribution is 5.21. The lowest BCUT2D eigenvalue weighted by Crippen LogP contribution is -2.42. The SMILES string of the molecule is CCCC/C=C\C1C(C[C@@H](CCCCCCCCCCC)OCc2ccccc2)ON2C1O[C@@H]1C2C2CCC1(C)C2(C)C. The van der Waals surface area contributed by atoms with Gasteiger partial charge in [-0.25, -0.2) is 0 Å². The maximum atomic E-state index is 7.06. The summed E-state index contributed by atoms with van der Waals surface area (Å²) < 4.78 is 13.8. The maximum Gasteiger partial charge on any atom is 0.142 e. The first-order valence-electron chi connectivity index (χ1n) is 18.3. The first-order chi connectivity index (χ1) is 20.9. The van der Waals surface area contributed by atoms with Crippen LogP contribution in [0.25, 0.3) is 0 Å². The lowest BCUT2D eigenvalue weighted by molar-refractivity contribution is -0.202. The Morgan fingerprint density at radius 1 is 0.930 bits per heavy atom. The van der Waals surface area contributed by atoms with E-state index in [0.717, 1.165) is 19.3 Å². The lowest BCUT2D eigenvalue weighted by atomic mass is 9.70. The van der Waals surface area contributed by atoms with Gasteiger partial charge in [-0.3, -0.25) is 4.84 Å². The summed E-state index contributed by atoms with van der Waals surface area (Å²) in [4.78, 5) is 7.01. The Bertz CT molecular complexity index is 993. The van der Waals surface area contributed by atoms with Crippen LogP contribution in [0.2, 0.25) is 0 Å². The van der Waals surface area contributed by atoms with Crippen LogP contribution in [0, 0.1) is 22.7 Å². The number of unbranched alkanes of at least 4 members (excludes halogenated alkanes) is 10. The summed E-state index contributed by atoms with van der Waals surface area (Å²) in [5, 5.41) is 2.35. The highest BCUT2D eigenvalue weighted by Crippen LogP contribution is 2.70. The molecule has 2 aliphatic carbocycles. The molecule has 0 spiro atoms. The van der Waals surface area contributed by atoms with Gasteiger partial charge in [0.25, 0.3) is 0 Å². The average Bonchev–Trinajstić information content (AvgIpc) is 3.65. The number of hydrogen-bond donors (Lipinski definition) is 0. The summed E-state index contributed by atoms with van der Waals surface area (Å²) in [7, 11) is 0. The van der Waals surface area contributed by atoms with E-state index in [1.54, 1.807) is 0 Å². The van der Waals surface area contributed by atoms with E-state index in [-0.39, 0.29) is 35.9 Å². The molecule has 4 heteroatoms. The van der Waals surface area contributed by atoms with Crippen LogP contribution in [0.4, 0.5) is 0 Å². The fourth-order valence-electron chi connectivity index (χ4n) is 8.97.